The van der Waals surface area contributed by atoms with Crippen LogP contribution in [0.5, 0.6) is 0 Å². The van der Waals surface area contributed by atoms with E-state index in [2.05, 4.69) is 50.7 Å². The van der Waals surface area contributed by atoms with Gasteiger partial charge in [0.25, 0.3) is 0 Å². The van der Waals surface area contributed by atoms with E-state index in [1.165, 1.54) is 96.3 Å². The van der Waals surface area contributed by atoms with Crippen LogP contribution in [0.1, 0.15) is 195 Å². The van der Waals surface area contributed by atoms with Gasteiger partial charge >= 0.3 is 6.09 Å². The van der Waals surface area contributed by atoms with Gasteiger partial charge < -0.3 is 29.6 Å². The van der Waals surface area contributed by atoms with Gasteiger partial charge in [-0.2, -0.15) is 0 Å². The fraction of sp³-hybridized carbons (Fsp3) is 0.952. The first-order valence-electron chi connectivity index (χ1n) is 21.7. The average Bonchev–Trinajstić information content (AvgIpc) is 3.13. The second-order valence-corrected chi connectivity index (χ2v) is 15.3. The molecule has 0 saturated heterocycles. The van der Waals surface area contributed by atoms with Gasteiger partial charge in [0.1, 0.15) is 0 Å². The van der Waals surface area contributed by atoms with Crippen molar-refractivity contribution in [2.75, 3.05) is 52.7 Å². The van der Waals surface area contributed by atoms with E-state index in [-0.39, 0.29) is 23.2 Å². The Morgan fingerprint density at radius 3 is 1.62 bits per heavy atom. The van der Waals surface area contributed by atoms with Crippen molar-refractivity contribution in [1.29, 1.82) is 0 Å². The number of amides is 2. The Bertz CT molecular complexity index is 806. The molecule has 0 spiro atoms. The maximum absolute atomic E-state index is 12.3. The summed E-state index contributed by atoms with van der Waals surface area (Å²) in [6, 6.07) is 0. The summed E-state index contributed by atoms with van der Waals surface area (Å²) in [6.45, 7) is 15.4. The molecule has 2 atom stereocenters. The van der Waals surface area contributed by atoms with Crippen LogP contribution >= 0.6 is 0 Å². The highest BCUT2D eigenvalue weighted by Gasteiger charge is 2.27. The molecule has 0 aliphatic carbocycles. The number of hydrogen-bond acceptors (Lipinski definition) is 8. The van der Waals surface area contributed by atoms with E-state index in [9.17, 15) is 9.59 Å². The maximum Gasteiger partial charge on any atom is 0.407 e. The monoisotopic (exact) mass is 743 g/mol. The summed E-state index contributed by atoms with van der Waals surface area (Å²) in [5, 5.41) is 5.84. The molecule has 0 aromatic rings. The second kappa shape index (κ2) is 36.5. The van der Waals surface area contributed by atoms with E-state index in [1.54, 1.807) is 0 Å². The number of hydrogen-bond donors (Lipinski definition) is 4. The predicted octanol–water partition coefficient (Wildman–Crippen LogP) is 9.67. The van der Waals surface area contributed by atoms with E-state index < -0.39 is 0 Å². The predicted molar refractivity (Wildman–Crippen MR) is 217 cm³/mol. The van der Waals surface area contributed by atoms with E-state index >= 15 is 0 Å². The van der Waals surface area contributed by atoms with Crippen molar-refractivity contribution in [3.8, 4) is 0 Å². The van der Waals surface area contributed by atoms with Gasteiger partial charge in [-0.15, -0.1) is 0 Å². The SMILES string of the molecule is CCCCCCCCCCCCCCCCCCOCCCOC(=O)NCCCCCC(=O)NCCC(C)(CC)OCCC(C)(CC)OCCNN. The highest BCUT2D eigenvalue weighted by Crippen LogP contribution is 2.24. The first kappa shape index (κ1) is 50.5. The standard InChI is InChI=1S/C42H86N4O6/c1-6-9-10-11-12-13-14-15-16-17-18-19-20-21-22-26-34-49-35-27-36-50-40(48)45-31-25-23-24-28-39(47)44-32-29-41(4,7-2)51-37-30-42(5,8-3)52-38-33-46-43/h46H,6-38,43H2,1-5H3,(H,44,47)(H,45,48). The fourth-order valence-electron chi connectivity index (χ4n) is 6.14. The van der Waals surface area contributed by atoms with Crippen LogP contribution in [0.4, 0.5) is 4.79 Å². The summed E-state index contributed by atoms with van der Waals surface area (Å²) in [4.78, 5) is 24.3. The number of nitrogens with two attached hydrogens (primary N) is 1. The summed E-state index contributed by atoms with van der Waals surface area (Å²) in [5.74, 6) is 5.41. The number of carbonyl (C=O) groups is 2. The largest absolute Gasteiger partial charge is 0.449 e. The lowest BCUT2D eigenvalue weighted by molar-refractivity contribution is -0.121. The Labute approximate surface area is 320 Å². The topological polar surface area (TPSA) is 133 Å². The minimum absolute atomic E-state index is 0.0586. The van der Waals surface area contributed by atoms with Crippen molar-refractivity contribution >= 4 is 12.0 Å². The molecule has 2 unspecified atom stereocenters. The van der Waals surface area contributed by atoms with Crippen molar-refractivity contribution in [3.63, 3.8) is 0 Å². The number of hydrazine groups is 1. The van der Waals surface area contributed by atoms with Gasteiger partial charge in [0, 0.05) is 45.7 Å². The highest BCUT2D eigenvalue weighted by atomic mass is 16.5. The molecule has 5 N–H and O–H groups in total. The molecular weight excluding hydrogens is 656 g/mol. The van der Waals surface area contributed by atoms with Crippen LogP contribution < -0.4 is 21.9 Å². The molecule has 10 heteroatoms. The summed E-state index contributed by atoms with van der Waals surface area (Å²) in [5.41, 5.74) is 2.09. The van der Waals surface area contributed by atoms with Crippen molar-refractivity contribution in [2.24, 2.45) is 5.84 Å². The molecular formula is C42H86N4O6. The Kier molecular flexibility index (Phi) is 35.5. The minimum atomic E-state index is -0.382. The Balaban J connectivity index is 3.57. The summed E-state index contributed by atoms with van der Waals surface area (Å²) in [7, 11) is 0. The van der Waals surface area contributed by atoms with Crippen LogP contribution in [0.25, 0.3) is 0 Å². The van der Waals surface area contributed by atoms with Gasteiger partial charge in [-0.25, -0.2) is 4.79 Å². The Hall–Kier alpha value is -1.46. The number of unbranched alkanes of at least 4 members (excludes halogenated alkanes) is 17. The first-order valence-corrected chi connectivity index (χ1v) is 21.7. The molecule has 0 fully saturated rings. The molecule has 0 heterocycles. The zero-order chi connectivity index (χ0) is 38.4. The van der Waals surface area contributed by atoms with Crippen LogP contribution in [0.2, 0.25) is 0 Å². The van der Waals surface area contributed by atoms with E-state index in [1.807, 2.05) is 0 Å². The number of carbonyl (C=O) groups excluding carboxylic acids is 2. The quantitative estimate of drug-likeness (QED) is 0.0277. The Morgan fingerprint density at radius 1 is 0.519 bits per heavy atom. The first-order chi connectivity index (χ1) is 25.2. The minimum Gasteiger partial charge on any atom is -0.449 e. The van der Waals surface area contributed by atoms with Crippen LogP contribution in [-0.2, 0) is 23.7 Å². The van der Waals surface area contributed by atoms with Gasteiger partial charge in [-0.05, 0) is 58.8 Å². The number of alkyl carbamates (subject to hydrolysis) is 1. The summed E-state index contributed by atoms with van der Waals surface area (Å²) < 4.78 is 23.2. The second-order valence-electron chi connectivity index (χ2n) is 15.3. The van der Waals surface area contributed by atoms with Crippen molar-refractivity contribution in [3.05, 3.63) is 0 Å². The van der Waals surface area contributed by atoms with Crippen molar-refractivity contribution in [1.82, 2.24) is 16.1 Å². The molecule has 0 rings (SSSR count). The molecule has 0 aromatic carbocycles. The smallest absolute Gasteiger partial charge is 0.407 e. The van der Waals surface area contributed by atoms with Gasteiger partial charge in [0.15, 0.2) is 0 Å². The molecule has 2 amide bonds. The third kappa shape index (κ3) is 33.1. The van der Waals surface area contributed by atoms with E-state index in [0.717, 1.165) is 58.0 Å². The lowest BCUT2D eigenvalue weighted by Crippen LogP contribution is -2.38. The van der Waals surface area contributed by atoms with Gasteiger partial charge in [0.05, 0.1) is 31.0 Å². The zero-order valence-corrected chi connectivity index (χ0v) is 34.9. The molecule has 0 aliphatic heterocycles. The van der Waals surface area contributed by atoms with Crippen LogP contribution in [-0.4, -0.2) is 75.9 Å². The zero-order valence-electron chi connectivity index (χ0n) is 34.9. The van der Waals surface area contributed by atoms with Crippen molar-refractivity contribution in [2.45, 2.75) is 206 Å². The molecule has 52 heavy (non-hydrogen) atoms. The molecule has 0 aromatic heterocycles. The highest BCUT2D eigenvalue weighted by molar-refractivity contribution is 5.75. The summed E-state index contributed by atoms with van der Waals surface area (Å²) >= 11 is 0. The lowest BCUT2D eigenvalue weighted by atomic mass is 9.97. The molecule has 0 bridgehead atoms. The number of ether oxygens (including phenoxy) is 4. The Morgan fingerprint density at radius 2 is 1.04 bits per heavy atom. The lowest BCUT2D eigenvalue weighted by Gasteiger charge is -2.33. The third-order valence-corrected chi connectivity index (χ3v) is 10.4. The summed E-state index contributed by atoms with van der Waals surface area (Å²) in [6.07, 6.45) is 28.5. The molecule has 10 nitrogen and oxygen atoms in total. The molecule has 0 saturated carbocycles. The van der Waals surface area contributed by atoms with Crippen LogP contribution in [0.15, 0.2) is 0 Å². The van der Waals surface area contributed by atoms with Gasteiger partial charge in [0.2, 0.25) is 5.91 Å². The van der Waals surface area contributed by atoms with Crippen LogP contribution in [0.3, 0.4) is 0 Å². The van der Waals surface area contributed by atoms with Crippen LogP contribution in [0, 0.1) is 0 Å². The van der Waals surface area contributed by atoms with E-state index in [0.29, 0.717) is 58.9 Å². The van der Waals surface area contributed by atoms with Gasteiger partial charge in [-0.1, -0.05) is 124 Å². The molecule has 0 aliphatic rings. The third-order valence-electron chi connectivity index (χ3n) is 10.4. The number of rotatable bonds is 40. The van der Waals surface area contributed by atoms with Gasteiger partial charge in [-0.3, -0.25) is 16.1 Å². The normalized spacial score (nSPS) is 13.8. The average molecular weight is 743 g/mol. The maximum atomic E-state index is 12.3. The fourth-order valence-corrected chi connectivity index (χ4v) is 6.14. The number of nitrogens with one attached hydrogen (secondary N) is 3. The molecule has 310 valence electrons. The van der Waals surface area contributed by atoms with Crippen molar-refractivity contribution < 1.29 is 28.5 Å². The molecule has 0 radical (unpaired) electrons. The van der Waals surface area contributed by atoms with E-state index in [4.69, 9.17) is 24.8 Å².